The third-order valence-corrected chi connectivity index (χ3v) is 2.58. The van der Waals surface area contributed by atoms with Gasteiger partial charge in [0.15, 0.2) is 0 Å². The monoisotopic (exact) mass is 187 g/mol. The van der Waals surface area contributed by atoms with Gasteiger partial charge in [0, 0.05) is 23.6 Å². The van der Waals surface area contributed by atoms with E-state index in [0.717, 1.165) is 13.0 Å². The van der Waals surface area contributed by atoms with Gasteiger partial charge in [-0.15, -0.1) is 0 Å². The van der Waals surface area contributed by atoms with Gasteiger partial charge < -0.3 is 10.3 Å². The number of aromatic amines is 1. The third kappa shape index (κ3) is 1.53. The lowest BCUT2D eigenvalue weighted by Crippen LogP contribution is -2.08. The van der Waals surface area contributed by atoms with E-state index in [1.807, 2.05) is 0 Å². The van der Waals surface area contributed by atoms with Crippen LogP contribution in [0.1, 0.15) is 11.3 Å². The molecule has 73 valence electrons. The van der Waals surface area contributed by atoms with Crippen LogP contribution in [0.5, 0.6) is 0 Å². The van der Waals surface area contributed by atoms with Gasteiger partial charge in [-0.25, -0.2) is 0 Å². The van der Waals surface area contributed by atoms with Crippen LogP contribution in [-0.4, -0.2) is 11.5 Å². The van der Waals surface area contributed by atoms with Gasteiger partial charge >= 0.3 is 0 Å². The minimum atomic E-state index is 0.919. The average Bonchev–Trinajstić information content (AvgIpc) is 2.51. The van der Waals surface area contributed by atoms with Crippen LogP contribution in [0.25, 0.3) is 10.9 Å². The van der Waals surface area contributed by atoms with E-state index >= 15 is 0 Å². The molecule has 2 rings (SSSR count). The van der Waals surface area contributed by atoms with Gasteiger partial charge in [-0.05, 0) is 31.5 Å². The second-order valence-electron chi connectivity index (χ2n) is 3.52. The molecule has 14 heavy (non-hydrogen) atoms. The van der Waals surface area contributed by atoms with E-state index in [2.05, 4.69) is 48.5 Å². The van der Waals surface area contributed by atoms with Crippen molar-refractivity contribution >= 4 is 10.9 Å². The SMILES string of the molecule is [CH2]NCCc1c(C)[nH]c2ccccc12. The van der Waals surface area contributed by atoms with Gasteiger partial charge in [0.2, 0.25) is 0 Å². The van der Waals surface area contributed by atoms with Crippen molar-refractivity contribution in [2.45, 2.75) is 13.3 Å². The van der Waals surface area contributed by atoms with Crippen LogP contribution in [-0.2, 0) is 6.42 Å². The number of hydrogen-bond acceptors (Lipinski definition) is 1. The van der Waals surface area contributed by atoms with Crippen molar-refractivity contribution in [1.82, 2.24) is 10.3 Å². The molecule has 2 N–H and O–H groups in total. The van der Waals surface area contributed by atoms with Crippen LogP contribution in [0.15, 0.2) is 24.3 Å². The summed E-state index contributed by atoms with van der Waals surface area (Å²) in [6.45, 7) is 3.04. The summed E-state index contributed by atoms with van der Waals surface area (Å²) in [6, 6.07) is 8.42. The highest BCUT2D eigenvalue weighted by Gasteiger charge is 2.06. The Labute approximate surface area is 84.3 Å². The molecule has 0 amide bonds. The molecular weight excluding hydrogens is 172 g/mol. The van der Waals surface area contributed by atoms with E-state index in [-0.39, 0.29) is 0 Å². The molecule has 1 radical (unpaired) electrons. The molecule has 0 atom stereocenters. The molecule has 1 aromatic heterocycles. The molecule has 2 heteroatoms. The van der Waals surface area contributed by atoms with Crippen molar-refractivity contribution in [2.24, 2.45) is 0 Å². The number of aromatic nitrogens is 1. The number of nitrogens with one attached hydrogen (secondary N) is 2. The van der Waals surface area contributed by atoms with Gasteiger partial charge in [0.25, 0.3) is 0 Å². The first-order valence-corrected chi connectivity index (χ1v) is 4.89. The third-order valence-electron chi connectivity index (χ3n) is 2.58. The fourth-order valence-electron chi connectivity index (χ4n) is 1.87. The van der Waals surface area contributed by atoms with E-state index in [4.69, 9.17) is 0 Å². The fourth-order valence-corrected chi connectivity index (χ4v) is 1.87. The van der Waals surface area contributed by atoms with Crippen LogP contribution >= 0.6 is 0 Å². The second-order valence-corrected chi connectivity index (χ2v) is 3.52. The lowest BCUT2D eigenvalue weighted by Gasteiger charge is -1.99. The zero-order chi connectivity index (χ0) is 9.97. The molecule has 0 aliphatic heterocycles. The maximum atomic E-state index is 3.63. The summed E-state index contributed by atoms with van der Waals surface area (Å²) in [5, 5.41) is 4.27. The van der Waals surface area contributed by atoms with Crippen LogP contribution in [0.2, 0.25) is 0 Å². The van der Waals surface area contributed by atoms with Crippen molar-refractivity contribution in [3.05, 3.63) is 42.6 Å². The van der Waals surface area contributed by atoms with E-state index in [1.54, 1.807) is 0 Å². The van der Waals surface area contributed by atoms with Gasteiger partial charge in [0.1, 0.15) is 0 Å². The molecule has 2 aromatic rings. The number of rotatable bonds is 3. The smallest absolute Gasteiger partial charge is 0.0458 e. The van der Waals surface area contributed by atoms with E-state index < -0.39 is 0 Å². The Balaban J connectivity index is 2.45. The minimum Gasteiger partial charge on any atom is -0.358 e. The molecule has 0 aliphatic rings. The van der Waals surface area contributed by atoms with Crippen molar-refractivity contribution in [2.75, 3.05) is 6.54 Å². The summed E-state index contributed by atoms with van der Waals surface area (Å²) >= 11 is 0. The first kappa shape index (κ1) is 9.28. The summed E-state index contributed by atoms with van der Waals surface area (Å²) in [5.74, 6) is 0. The van der Waals surface area contributed by atoms with Gasteiger partial charge in [-0.1, -0.05) is 18.2 Å². The van der Waals surface area contributed by atoms with Gasteiger partial charge in [0.05, 0.1) is 0 Å². The first-order chi connectivity index (χ1) is 6.83. The Morgan fingerprint density at radius 1 is 1.36 bits per heavy atom. The molecule has 0 unspecified atom stereocenters. The molecule has 0 saturated heterocycles. The number of fused-ring (bicyclic) bond motifs is 1. The van der Waals surface area contributed by atoms with Gasteiger partial charge in [-0.2, -0.15) is 0 Å². The minimum absolute atomic E-state index is 0.919. The van der Waals surface area contributed by atoms with Gasteiger partial charge in [-0.3, -0.25) is 0 Å². The van der Waals surface area contributed by atoms with Crippen LogP contribution in [0.4, 0.5) is 0 Å². The molecule has 2 nitrogen and oxygen atoms in total. The molecule has 0 fully saturated rings. The first-order valence-electron chi connectivity index (χ1n) is 4.89. The lowest BCUT2D eigenvalue weighted by atomic mass is 10.1. The average molecular weight is 187 g/mol. The zero-order valence-electron chi connectivity index (χ0n) is 8.43. The van der Waals surface area contributed by atoms with E-state index in [9.17, 15) is 0 Å². The molecule has 1 aromatic carbocycles. The maximum Gasteiger partial charge on any atom is 0.0458 e. The predicted molar refractivity (Wildman–Crippen MR) is 60.1 cm³/mol. The summed E-state index contributed by atoms with van der Waals surface area (Å²) in [4.78, 5) is 3.39. The van der Waals surface area contributed by atoms with Crippen molar-refractivity contribution in [3.63, 3.8) is 0 Å². The normalized spacial score (nSPS) is 11.0. The quantitative estimate of drug-likeness (QED) is 0.758. The van der Waals surface area contributed by atoms with E-state index in [1.165, 1.54) is 22.2 Å². The number of para-hydroxylation sites is 1. The molecule has 1 heterocycles. The number of H-pyrrole nitrogens is 1. The summed E-state index contributed by atoms with van der Waals surface area (Å²) in [5.41, 5.74) is 3.89. The zero-order valence-corrected chi connectivity index (χ0v) is 8.43. The molecule has 0 aliphatic carbocycles. The summed E-state index contributed by atoms with van der Waals surface area (Å²) < 4.78 is 0. The predicted octanol–water partition coefficient (Wildman–Crippen LogP) is 2.40. The van der Waals surface area contributed by atoms with Crippen LogP contribution in [0, 0.1) is 14.0 Å². The molecule has 0 bridgehead atoms. The fraction of sp³-hybridized carbons (Fsp3) is 0.250. The topological polar surface area (TPSA) is 27.8 Å². The number of hydrogen-bond donors (Lipinski definition) is 2. The second kappa shape index (κ2) is 3.84. The Kier molecular flexibility index (Phi) is 2.55. The highest BCUT2D eigenvalue weighted by molar-refractivity contribution is 5.84. The molecule has 0 saturated carbocycles. The summed E-state index contributed by atoms with van der Waals surface area (Å²) in [7, 11) is 3.63. The Morgan fingerprint density at radius 2 is 2.14 bits per heavy atom. The molecule has 0 spiro atoms. The highest BCUT2D eigenvalue weighted by atomic mass is 14.8. The van der Waals surface area contributed by atoms with Crippen LogP contribution in [0.3, 0.4) is 0 Å². The van der Waals surface area contributed by atoms with Crippen LogP contribution < -0.4 is 5.32 Å². The highest BCUT2D eigenvalue weighted by Crippen LogP contribution is 2.21. The van der Waals surface area contributed by atoms with Crippen molar-refractivity contribution < 1.29 is 0 Å². The molecular formula is C12H15N2. The Hall–Kier alpha value is -1.28. The van der Waals surface area contributed by atoms with Crippen molar-refractivity contribution in [3.8, 4) is 0 Å². The maximum absolute atomic E-state index is 3.63. The Morgan fingerprint density at radius 3 is 2.93 bits per heavy atom. The largest absolute Gasteiger partial charge is 0.358 e. The Bertz CT molecular complexity index is 429. The lowest BCUT2D eigenvalue weighted by molar-refractivity contribution is 0.828. The van der Waals surface area contributed by atoms with E-state index in [0.29, 0.717) is 0 Å². The number of aryl methyl sites for hydroxylation is 1. The summed E-state index contributed by atoms with van der Waals surface area (Å²) in [6.07, 6.45) is 1.03. The standard InChI is InChI=1S/C12H15N2/c1-9-10(7-8-13-2)11-5-3-4-6-12(11)14-9/h3-6,13-14H,2,7-8H2,1H3. The van der Waals surface area contributed by atoms with Crippen molar-refractivity contribution in [1.29, 1.82) is 0 Å². The number of benzene rings is 1.